The lowest BCUT2D eigenvalue weighted by atomic mass is 10.3. The zero-order valence-electron chi connectivity index (χ0n) is 9.25. The molecule has 0 atom stereocenters. The molecule has 0 fully saturated rings. The molecular weight excluding hydrogens is 244 g/mol. The minimum Gasteiger partial charge on any atom is -0.388 e. The molecule has 0 aliphatic carbocycles. The van der Waals surface area contributed by atoms with Crippen LogP contribution in [0.1, 0.15) is 17.1 Å². The first-order chi connectivity index (χ1) is 8.00. The van der Waals surface area contributed by atoms with E-state index in [4.69, 9.17) is 5.73 Å². The van der Waals surface area contributed by atoms with Gasteiger partial charge in [-0.05, 0) is 13.8 Å². The molecule has 0 bridgehead atoms. The predicted octanol–water partition coefficient (Wildman–Crippen LogP) is 0.890. The van der Waals surface area contributed by atoms with Gasteiger partial charge in [-0.3, -0.25) is 14.8 Å². The van der Waals surface area contributed by atoms with Crippen LogP contribution in [0.15, 0.2) is 0 Å². The number of nitrogens with two attached hydrogens (primary N) is 1. The Labute approximate surface area is 100 Å². The monoisotopic (exact) mass is 254 g/mol. The molecule has 0 aliphatic heterocycles. The van der Waals surface area contributed by atoms with E-state index < -0.39 is 4.92 Å². The van der Waals surface area contributed by atoms with Gasteiger partial charge in [0.2, 0.25) is 0 Å². The van der Waals surface area contributed by atoms with Crippen molar-refractivity contribution >= 4 is 22.2 Å². The number of nitrogen functional groups attached to an aromatic ring is 1. The predicted molar refractivity (Wildman–Crippen MR) is 61.8 cm³/mol. The van der Waals surface area contributed by atoms with E-state index in [1.807, 2.05) is 0 Å². The number of nitrogens with zero attached hydrogens (tertiary/aromatic N) is 5. The molecule has 0 unspecified atom stereocenters. The zero-order chi connectivity index (χ0) is 12.6. The van der Waals surface area contributed by atoms with Gasteiger partial charge in [0.25, 0.3) is 0 Å². The molecule has 2 aromatic rings. The Bertz CT molecular complexity index is 575. The molecule has 8 nitrogen and oxygen atoms in total. The maximum Gasteiger partial charge on any atom is 0.312 e. The first-order valence-corrected chi connectivity index (χ1v) is 5.53. The Kier molecular flexibility index (Phi) is 2.76. The van der Waals surface area contributed by atoms with Gasteiger partial charge in [0.15, 0.2) is 0 Å². The number of anilines is 1. The molecular formula is C8H10N6O2S. The second-order valence-electron chi connectivity index (χ2n) is 3.52. The molecule has 0 radical (unpaired) electrons. The van der Waals surface area contributed by atoms with Crippen LogP contribution in [-0.2, 0) is 6.54 Å². The summed E-state index contributed by atoms with van der Waals surface area (Å²) in [5, 5.41) is 19.3. The van der Waals surface area contributed by atoms with Crippen LogP contribution < -0.4 is 5.73 Å². The third-order valence-electron chi connectivity index (χ3n) is 2.41. The van der Waals surface area contributed by atoms with Crippen molar-refractivity contribution in [2.45, 2.75) is 20.4 Å². The van der Waals surface area contributed by atoms with E-state index in [0.29, 0.717) is 28.6 Å². The fraction of sp³-hybridized carbons (Fsp3) is 0.375. The summed E-state index contributed by atoms with van der Waals surface area (Å²) >= 11 is 1.09. The Hall–Kier alpha value is -2.03. The van der Waals surface area contributed by atoms with Gasteiger partial charge in [0.1, 0.15) is 22.1 Å². The number of aryl methyl sites for hydroxylation is 1. The fourth-order valence-electron chi connectivity index (χ4n) is 1.57. The van der Waals surface area contributed by atoms with Crippen LogP contribution in [0.5, 0.6) is 0 Å². The highest BCUT2D eigenvalue weighted by Gasteiger charge is 2.22. The van der Waals surface area contributed by atoms with Gasteiger partial charge in [-0.25, -0.2) is 0 Å². The lowest BCUT2D eigenvalue weighted by Gasteiger charge is -2.00. The van der Waals surface area contributed by atoms with Gasteiger partial charge >= 0.3 is 5.69 Å². The third kappa shape index (κ3) is 1.96. The van der Waals surface area contributed by atoms with E-state index in [0.717, 1.165) is 11.5 Å². The Morgan fingerprint density at radius 1 is 1.53 bits per heavy atom. The van der Waals surface area contributed by atoms with Crippen LogP contribution in [0.2, 0.25) is 0 Å². The third-order valence-corrected chi connectivity index (χ3v) is 3.01. The molecule has 0 saturated carbocycles. The summed E-state index contributed by atoms with van der Waals surface area (Å²) in [5.74, 6) is 0. The average molecular weight is 254 g/mol. The summed E-state index contributed by atoms with van der Waals surface area (Å²) in [6, 6.07) is 0. The van der Waals surface area contributed by atoms with Crippen molar-refractivity contribution < 1.29 is 4.92 Å². The Balaban J connectivity index is 2.38. The van der Waals surface area contributed by atoms with E-state index in [1.165, 1.54) is 4.68 Å². The largest absolute Gasteiger partial charge is 0.388 e. The Morgan fingerprint density at radius 3 is 2.71 bits per heavy atom. The van der Waals surface area contributed by atoms with Gasteiger partial charge in [0, 0.05) is 11.5 Å². The number of rotatable bonds is 3. The minimum absolute atomic E-state index is 0.0340. The second-order valence-corrected chi connectivity index (χ2v) is 4.30. The smallest absolute Gasteiger partial charge is 0.312 e. The molecule has 2 aromatic heterocycles. The highest BCUT2D eigenvalue weighted by Crippen LogP contribution is 2.23. The number of nitro groups is 1. The topological polar surface area (TPSA) is 113 Å². The number of hydrogen-bond acceptors (Lipinski definition) is 7. The molecule has 2 N–H and O–H groups in total. The maximum atomic E-state index is 10.8. The normalized spacial score (nSPS) is 10.7. The zero-order valence-corrected chi connectivity index (χ0v) is 10.1. The van der Waals surface area contributed by atoms with Gasteiger partial charge in [-0.2, -0.15) is 5.10 Å². The van der Waals surface area contributed by atoms with Gasteiger partial charge in [0.05, 0.1) is 11.5 Å². The highest BCUT2D eigenvalue weighted by atomic mass is 32.1. The summed E-state index contributed by atoms with van der Waals surface area (Å²) in [5.41, 5.74) is 7.14. The van der Waals surface area contributed by atoms with Crippen LogP contribution in [0.25, 0.3) is 0 Å². The van der Waals surface area contributed by atoms with Gasteiger partial charge in [-0.1, -0.05) is 4.49 Å². The van der Waals surface area contributed by atoms with Crippen molar-refractivity contribution in [1.82, 2.24) is 19.4 Å². The fourth-order valence-corrected chi connectivity index (χ4v) is 2.01. The summed E-state index contributed by atoms with van der Waals surface area (Å²) < 4.78 is 5.22. The number of aromatic nitrogens is 4. The van der Waals surface area contributed by atoms with E-state index >= 15 is 0 Å². The van der Waals surface area contributed by atoms with E-state index in [1.54, 1.807) is 13.8 Å². The molecule has 2 rings (SSSR count). The average Bonchev–Trinajstić information content (AvgIpc) is 2.73. The summed E-state index contributed by atoms with van der Waals surface area (Å²) in [4.78, 5) is 10.4. The van der Waals surface area contributed by atoms with Crippen LogP contribution in [0.3, 0.4) is 0 Å². The van der Waals surface area contributed by atoms with Gasteiger partial charge in [-0.15, -0.1) is 5.10 Å². The van der Waals surface area contributed by atoms with Crippen LogP contribution in [-0.4, -0.2) is 24.3 Å². The number of hydrogen-bond donors (Lipinski definition) is 1. The van der Waals surface area contributed by atoms with E-state index in [2.05, 4.69) is 14.7 Å². The van der Waals surface area contributed by atoms with Gasteiger partial charge < -0.3 is 5.73 Å². The van der Waals surface area contributed by atoms with Crippen molar-refractivity contribution in [1.29, 1.82) is 0 Å². The first kappa shape index (κ1) is 11.5. The standard InChI is InChI=1S/C8H10N6O2S/c1-4-7(14(15)16)5(2)13(11-4)3-6-8(9)17-12-10-6/h3,9H2,1-2H3. The summed E-state index contributed by atoms with van der Waals surface area (Å²) in [6.45, 7) is 3.54. The quantitative estimate of drug-likeness (QED) is 0.642. The Morgan fingerprint density at radius 2 is 2.24 bits per heavy atom. The second kappa shape index (κ2) is 4.09. The highest BCUT2D eigenvalue weighted by molar-refractivity contribution is 7.09. The van der Waals surface area contributed by atoms with E-state index in [9.17, 15) is 10.1 Å². The lowest BCUT2D eigenvalue weighted by molar-refractivity contribution is -0.386. The minimum atomic E-state index is -0.434. The molecule has 0 saturated heterocycles. The maximum absolute atomic E-state index is 10.8. The van der Waals surface area contributed by atoms with Crippen molar-refractivity contribution in [2.75, 3.05) is 5.73 Å². The van der Waals surface area contributed by atoms with Crippen LogP contribution >= 0.6 is 11.5 Å². The molecule has 9 heteroatoms. The lowest BCUT2D eigenvalue weighted by Crippen LogP contribution is -2.06. The molecule has 90 valence electrons. The molecule has 17 heavy (non-hydrogen) atoms. The molecule has 2 heterocycles. The van der Waals surface area contributed by atoms with Crippen molar-refractivity contribution in [3.63, 3.8) is 0 Å². The van der Waals surface area contributed by atoms with Crippen LogP contribution in [0, 0.1) is 24.0 Å². The van der Waals surface area contributed by atoms with E-state index in [-0.39, 0.29) is 5.69 Å². The summed E-state index contributed by atoms with van der Waals surface area (Å²) in [6.07, 6.45) is 0. The molecule has 0 aliphatic rings. The molecule has 0 amide bonds. The first-order valence-electron chi connectivity index (χ1n) is 4.75. The molecule has 0 aromatic carbocycles. The van der Waals surface area contributed by atoms with Crippen molar-refractivity contribution in [2.24, 2.45) is 0 Å². The molecule has 0 spiro atoms. The van der Waals surface area contributed by atoms with Crippen molar-refractivity contribution in [3.8, 4) is 0 Å². The SMILES string of the molecule is Cc1nn(Cc2nnsc2N)c(C)c1[N+](=O)[O-]. The van der Waals surface area contributed by atoms with Crippen LogP contribution in [0.4, 0.5) is 10.7 Å². The summed E-state index contributed by atoms with van der Waals surface area (Å²) in [7, 11) is 0. The van der Waals surface area contributed by atoms with Crippen molar-refractivity contribution in [3.05, 3.63) is 27.2 Å².